The van der Waals surface area contributed by atoms with Gasteiger partial charge < -0.3 is 4.74 Å². The first kappa shape index (κ1) is 19.2. The van der Waals surface area contributed by atoms with E-state index in [9.17, 15) is 13.2 Å². The van der Waals surface area contributed by atoms with Crippen LogP contribution in [0.3, 0.4) is 0 Å². The number of carbonyl (C=O) groups excluding carboxylic acids is 1. The standard InChI is InChI=1S/C17H23N3O4S2/c1-24-12-11-20(17-18-14-5-3-4-6-15(14)25-17)16(21)13-7-9-19(10-8-13)26(2,22)23/h3-6,13H,7-12H2,1-2H3. The number of piperidine rings is 1. The van der Waals surface area contributed by atoms with Gasteiger partial charge in [-0.1, -0.05) is 23.5 Å². The zero-order chi connectivity index (χ0) is 18.7. The minimum absolute atomic E-state index is 0.00532. The van der Waals surface area contributed by atoms with Gasteiger partial charge in [0.1, 0.15) is 0 Å². The van der Waals surface area contributed by atoms with E-state index in [0.717, 1.165) is 10.2 Å². The van der Waals surface area contributed by atoms with Crippen LogP contribution in [0.1, 0.15) is 12.8 Å². The minimum atomic E-state index is -3.20. The van der Waals surface area contributed by atoms with Crippen LogP contribution in [-0.2, 0) is 19.6 Å². The van der Waals surface area contributed by atoms with Crippen LogP contribution in [0.4, 0.5) is 5.13 Å². The molecule has 0 saturated carbocycles. The zero-order valence-corrected chi connectivity index (χ0v) is 16.6. The summed E-state index contributed by atoms with van der Waals surface area (Å²) >= 11 is 1.49. The second-order valence-corrected chi connectivity index (χ2v) is 9.37. The van der Waals surface area contributed by atoms with Gasteiger partial charge in [-0.15, -0.1) is 0 Å². The van der Waals surface area contributed by atoms with Crippen molar-refractivity contribution in [2.45, 2.75) is 12.8 Å². The lowest BCUT2D eigenvalue weighted by Gasteiger charge is -2.32. The molecule has 9 heteroatoms. The van der Waals surface area contributed by atoms with E-state index in [1.165, 1.54) is 21.9 Å². The van der Waals surface area contributed by atoms with Gasteiger partial charge in [-0.05, 0) is 25.0 Å². The summed E-state index contributed by atoms with van der Waals surface area (Å²) < 4.78 is 31.0. The number of para-hydroxylation sites is 1. The van der Waals surface area contributed by atoms with E-state index in [-0.39, 0.29) is 11.8 Å². The van der Waals surface area contributed by atoms with Crippen LogP contribution in [0.15, 0.2) is 24.3 Å². The number of anilines is 1. The Morgan fingerprint density at radius 1 is 1.35 bits per heavy atom. The molecule has 1 aromatic carbocycles. The molecule has 1 amide bonds. The van der Waals surface area contributed by atoms with Crippen molar-refractivity contribution < 1.29 is 17.9 Å². The number of benzene rings is 1. The molecule has 0 N–H and O–H groups in total. The van der Waals surface area contributed by atoms with Gasteiger partial charge in [0.15, 0.2) is 5.13 Å². The first-order chi connectivity index (χ1) is 12.4. The quantitative estimate of drug-likeness (QED) is 0.744. The fourth-order valence-corrected chi connectivity index (χ4v) is 4.98. The van der Waals surface area contributed by atoms with Gasteiger partial charge in [0, 0.05) is 26.1 Å². The molecule has 0 bridgehead atoms. The molecule has 1 aliphatic heterocycles. The molecule has 2 aromatic rings. The second kappa shape index (κ2) is 7.99. The Balaban J connectivity index is 1.78. The summed E-state index contributed by atoms with van der Waals surface area (Å²) in [6, 6.07) is 7.79. The number of ether oxygens (including phenoxy) is 1. The molecule has 1 aliphatic rings. The third-order valence-electron chi connectivity index (χ3n) is 4.57. The van der Waals surface area contributed by atoms with Crippen LogP contribution in [0.5, 0.6) is 0 Å². The van der Waals surface area contributed by atoms with E-state index < -0.39 is 10.0 Å². The summed E-state index contributed by atoms with van der Waals surface area (Å²) in [7, 11) is -1.60. The molecule has 142 valence electrons. The number of hydrogen-bond acceptors (Lipinski definition) is 6. The molecule has 0 aliphatic carbocycles. The Bertz CT molecular complexity index is 840. The Hall–Kier alpha value is -1.55. The number of rotatable bonds is 6. The van der Waals surface area contributed by atoms with Gasteiger partial charge in [0.05, 0.1) is 29.6 Å². The zero-order valence-electron chi connectivity index (χ0n) is 14.9. The molecule has 1 aromatic heterocycles. The highest BCUT2D eigenvalue weighted by Gasteiger charge is 2.32. The highest BCUT2D eigenvalue weighted by atomic mass is 32.2. The molecular weight excluding hydrogens is 374 g/mol. The SMILES string of the molecule is COCCN(C(=O)C1CCN(S(C)(=O)=O)CC1)c1nc2ccccc2s1. The fourth-order valence-electron chi connectivity index (χ4n) is 3.11. The van der Waals surface area contributed by atoms with E-state index in [1.54, 1.807) is 12.0 Å². The number of methoxy groups -OCH3 is 1. The van der Waals surface area contributed by atoms with E-state index in [0.29, 0.717) is 44.2 Å². The van der Waals surface area contributed by atoms with Crippen LogP contribution < -0.4 is 4.90 Å². The van der Waals surface area contributed by atoms with Crippen LogP contribution in [0.2, 0.25) is 0 Å². The Labute approximate surface area is 157 Å². The summed E-state index contributed by atoms with van der Waals surface area (Å²) in [5.74, 6) is -0.203. The first-order valence-corrected chi connectivity index (χ1v) is 11.2. The molecular formula is C17H23N3O4S2. The van der Waals surface area contributed by atoms with Crippen molar-refractivity contribution in [2.75, 3.05) is 44.5 Å². The van der Waals surface area contributed by atoms with Crippen LogP contribution in [0.25, 0.3) is 10.2 Å². The number of amides is 1. The van der Waals surface area contributed by atoms with Crippen molar-refractivity contribution in [1.82, 2.24) is 9.29 Å². The van der Waals surface area contributed by atoms with Crippen LogP contribution in [0, 0.1) is 5.92 Å². The smallest absolute Gasteiger partial charge is 0.232 e. The molecule has 0 unspecified atom stereocenters. The van der Waals surface area contributed by atoms with Crippen LogP contribution in [-0.4, -0.2) is 63.2 Å². The number of fused-ring (bicyclic) bond motifs is 1. The maximum atomic E-state index is 13.1. The summed E-state index contributed by atoms with van der Waals surface area (Å²) in [4.78, 5) is 19.4. The lowest BCUT2D eigenvalue weighted by atomic mass is 9.96. The molecule has 1 saturated heterocycles. The van der Waals surface area contributed by atoms with Gasteiger partial charge in [0.2, 0.25) is 15.9 Å². The first-order valence-electron chi connectivity index (χ1n) is 8.51. The summed E-state index contributed by atoms with van der Waals surface area (Å²) in [6.45, 7) is 1.62. The minimum Gasteiger partial charge on any atom is -0.383 e. The largest absolute Gasteiger partial charge is 0.383 e. The van der Waals surface area contributed by atoms with Gasteiger partial charge in [-0.25, -0.2) is 17.7 Å². The third kappa shape index (κ3) is 4.22. The van der Waals surface area contributed by atoms with Crippen molar-refractivity contribution in [2.24, 2.45) is 5.92 Å². The predicted octanol–water partition coefficient (Wildman–Crippen LogP) is 1.95. The summed E-state index contributed by atoms with van der Waals surface area (Å²) in [5.41, 5.74) is 0.870. The average Bonchev–Trinajstić information content (AvgIpc) is 3.05. The summed E-state index contributed by atoms with van der Waals surface area (Å²) in [6.07, 6.45) is 2.27. The van der Waals surface area contributed by atoms with Crippen molar-refractivity contribution in [3.05, 3.63) is 24.3 Å². The van der Waals surface area contributed by atoms with E-state index in [4.69, 9.17) is 4.74 Å². The molecule has 7 nitrogen and oxygen atoms in total. The topological polar surface area (TPSA) is 79.8 Å². The average molecular weight is 398 g/mol. The maximum absolute atomic E-state index is 13.1. The number of carbonyl (C=O) groups is 1. The number of thiazole rings is 1. The third-order valence-corrected chi connectivity index (χ3v) is 6.93. The molecule has 2 heterocycles. The number of aromatic nitrogens is 1. The Morgan fingerprint density at radius 3 is 2.65 bits per heavy atom. The number of hydrogen-bond donors (Lipinski definition) is 0. The van der Waals surface area contributed by atoms with E-state index >= 15 is 0 Å². The Morgan fingerprint density at radius 2 is 2.04 bits per heavy atom. The molecule has 1 fully saturated rings. The van der Waals surface area contributed by atoms with E-state index in [2.05, 4.69) is 4.98 Å². The van der Waals surface area contributed by atoms with Crippen molar-refractivity contribution in [3.63, 3.8) is 0 Å². The van der Waals surface area contributed by atoms with Gasteiger partial charge in [0.25, 0.3) is 0 Å². The maximum Gasteiger partial charge on any atom is 0.232 e. The lowest BCUT2D eigenvalue weighted by Crippen LogP contribution is -2.45. The monoisotopic (exact) mass is 397 g/mol. The van der Waals surface area contributed by atoms with Gasteiger partial charge in [-0.3, -0.25) is 9.69 Å². The molecule has 0 radical (unpaired) electrons. The van der Waals surface area contributed by atoms with Gasteiger partial charge >= 0.3 is 0 Å². The lowest BCUT2D eigenvalue weighted by molar-refractivity contribution is -0.123. The van der Waals surface area contributed by atoms with Crippen LogP contribution >= 0.6 is 11.3 Å². The van der Waals surface area contributed by atoms with Crippen molar-refractivity contribution in [1.29, 1.82) is 0 Å². The molecule has 26 heavy (non-hydrogen) atoms. The number of sulfonamides is 1. The molecule has 3 rings (SSSR count). The second-order valence-electron chi connectivity index (χ2n) is 6.38. The van der Waals surface area contributed by atoms with Gasteiger partial charge in [-0.2, -0.15) is 0 Å². The Kier molecular flexibility index (Phi) is 5.91. The highest BCUT2D eigenvalue weighted by molar-refractivity contribution is 7.88. The van der Waals surface area contributed by atoms with Crippen molar-refractivity contribution in [3.8, 4) is 0 Å². The molecule has 0 atom stereocenters. The van der Waals surface area contributed by atoms with E-state index in [1.807, 2.05) is 24.3 Å². The number of nitrogens with zero attached hydrogens (tertiary/aromatic N) is 3. The fraction of sp³-hybridized carbons (Fsp3) is 0.529. The predicted molar refractivity (Wildman–Crippen MR) is 103 cm³/mol. The normalized spacial score (nSPS) is 16.8. The molecule has 0 spiro atoms. The highest BCUT2D eigenvalue weighted by Crippen LogP contribution is 2.31. The summed E-state index contributed by atoms with van der Waals surface area (Å²) in [5, 5.41) is 0.666. The van der Waals surface area contributed by atoms with Crippen molar-refractivity contribution >= 4 is 42.6 Å².